The Morgan fingerprint density at radius 1 is 0.981 bits per heavy atom. The molecule has 4 aliphatic rings. The number of aromatic nitrogens is 2. The fourth-order valence-electron chi connectivity index (χ4n) is 8.00. The summed E-state index contributed by atoms with van der Waals surface area (Å²) in [6.45, 7) is 10.1. The van der Waals surface area contributed by atoms with Crippen molar-refractivity contribution in [2.75, 3.05) is 28.8 Å². The molecule has 3 heterocycles. The molecule has 3 amide bonds. The van der Waals surface area contributed by atoms with E-state index in [2.05, 4.69) is 25.8 Å². The van der Waals surface area contributed by atoms with Gasteiger partial charge in [-0.25, -0.2) is 9.78 Å². The summed E-state index contributed by atoms with van der Waals surface area (Å²) >= 11 is 0. The summed E-state index contributed by atoms with van der Waals surface area (Å²) in [7, 11) is 1.76. The van der Waals surface area contributed by atoms with Crippen molar-refractivity contribution >= 4 is 53.0 Å². The van der Waals surface area contributed by atoms with Gasteiger partial charge in [0.15, 0.2) is 5.82 Å². The fourth-order valence-corrected chi connectivity index (χ4v) is 8.00. The largest absolute Gasteiger partial charge is 0.491 e. The maximum Gasteiger partial charge on any atom is 0.408 e. The number of fused-ring (bicyclic) bond motifs is 2. The van der Waals surface area contributed by atoms with Crippen LogP contribution in [0, 0.1) is 0 Å². The van der Waals surface area contributed by atoms with E-state index in [0.717, 1.165) is 25.7 Å². The van der Waals surface area contributed by atoms with Gasteiger partial charge >= 0.3 is 18.0 Å². The highest BCUT2D eigenvalue weighted by atomic mass is 16.6. The topological polar surface area (TPSA) is 191 Å². The number of carbonyl (C=O) groups is 5. The number of hydrogen-bond donors (Lipinski definition) is 3. The number of amides is 3. The predicted molar refractivity (Wildman–Crippen MR) is 198 cm³/mol. The molecule has 16 heteroatoms. The number of nitrogens with one attached hydrogen (secondary N) is 3. The van der Waals surface area contributed by atoms with Gasteiger partial charge in [0, 0.05) is 57.3 Å². The average Bonchev–Trinajstić information content (AvgIpc) is 3.80. The Morgan fingerprint density at radius 2 is 1.63 bits per heavy atom. The van der Waals surface area contributed by atoms with Gasteiger partial charge in [0.25, 0.3) is 5.91 Å². The van der Waals surface area contributed by atoms with Gasteiger partial charge in [-0.3, -0.25) is 19.2 Å². The van der Waals surface area contributed by atoms with Gasteiger partial charge in [0.05, 0.1) is 30.6 Å². The molecule has 2 aliphatic carbocycles. The number of esters is 2. The van der Waals surface area contributed by atoms with Crippen LogP contribution in [-0.2, 0) is 35.0 Å². The van der Waals surface area contributed by atoms with E-state index in [0.29, 0.717) is 59.5 Å². The van der Waals surface area contributed by atoms with Gasteiger partial charge in [0.2, 0.25) is 11.9 Å². The van der Waals surface area contributed by atoms with E-state index in [9.17, 15) is 24.0 Å². The number of ether oxygens (including phenoxy) is 4. The smallest absolute Gasteiger partial charge is 0.408 e. The number of anilines is 4. The molecule has 2 fully saturated rings. The van der Waals surface area contributed by atoms with Crippen molar-refractivity contribution in [3.05, 3.63) is 29.5 Å². The van der Waals surface area contributed by atoms with Gasteiger partial charge in [-0.1, -0.05) is 19.8 Å². The molecule has 1 aromatic carbocycles. The van der Waals surface area contributed by atoms with Crippen molar-refractivity contribution < 1.29 is 42.9 Å². The third-order valence-electron chi connectivity index (χ3n) is 10.3. The molecule has 0 radical (unpaired) electrons. The Labute approximate surface area is 315 Å². The molecular weight excluding hydrogens is 698 g/mol. The number of carbonyl (C=O) groups excluding carboxylic acids is 5. The van der Waals surface area contributed by atoms with Crippen molar-refractivity contribution in [1.82, 2.24) is 20.6 Å². The number of hydrogen-bond acceptors (Lipinski definition) is 13. The Bertz CT molecular complexity index is 1790. The minimum atomic E-state index is -0.838. The first-order chi connectivity index (χ1) is 25.6. The molecule has 2 saturated carbocycles. The number of alkyl carbamates (subject to hydrolysis) is 1. The highest BCUT2D eigenvalue weighted by Crippen LogP contribution is 2.42. The van der Waals surface area contributed by atoms with E-state index in [1.807, 2.05) is 6.92 Å². The molecule has 0 saturated heterocycles. The second-order valence-electron chi connectivity index (χ2n) is 15.4. The van der Waals surface area contributed by atoms with E-state index in [4.69, 9.17) is 23.9 Å². The van der Waals surface area contributed by atoms with E-state index in [1.165, 1.54) is 13.8 Å². The molecule has 2 aromatic rings. The zero-order chi connectivity index (χ0) is 38.9. The van der Waals surface area contributed by atoms with Crippen LogP contribution in [0.1, 0.15) is 102 Å². The summed E-state index contributed by atoms with van der Waals surface area (Å²) in [4.78, 5) is 77.5. The number of rotatable bonds is 9. The minimum Gasteiger partial charge on any atom is -0.491 e. The van der Waals surface area contributed by atoms with Crippen molar-refractivity contribution in [1.29, 1.82) is 0 Å². The van der Waals surface area contributed by atoms with E-state index in [1.54, 1.807) is 51.0 Å². The molecular formula is C38H51N7O9. The van der Waals surface area contributed by atoms with E-state index >= 15 is 0 Å². The van der Waals surface area contributed by atoms with Crippen LogP contribution in [0.3, 0.4) is 0 Å². The fraction of sp³-hybridized carbons (Fsp3) is 0.605. The first kappa shape index (κ1) is 38.6. The number of nitrogens with zero attached hydrogens (tertiary/aromatic N) is 4. The lowest BCUT2D eigenvalue weighted by atomic mass is 9.85. The average molecular weight is 750 g/mol. The molecule has 3 N–H and O–H groups in total. The molecule has 6 rings (SSSR count). The Morgan fingerprint density at radius 3 is 2.24 bits per heavy atom. The third kappa shape index (κ3) is 8.31. The first-order valence-corrected chi connectivity index (χ1v) is 18.8. The highest BCUT2D eigenvalue weighted by Gasteiger charge is 2.44. The SMILES string of the molecule is CC[C@@H]1C(=O)N(C)c2cnc(Nc3ccc(C(=O)N[C@H]4C[C@@H](OC(C)=O)[C@H](NC(=O)OC(C)(C)C)C[C@H]4OC(C)=O)c4c3OCC4)nc2N1C1CCCC1. The second kappa shape index (κ2) is 15.7. The molecule has 16 nitrogen and oxygen atoms in total. The maximum absolute atomic E-state index is 14.0. The monoisotopic (exact) mass is 749 g/mol. The van der Waals surface area contributed by atoms with E-state index in [-0.39, 0.29) is 30.8 Å². The van der Waals surface area contributed by atoms with Crippen molar-refractivity contribution in [3.63, 3.8) is 0 Å². The van der Waals surface area contributed by atoms with Crippen LogP contribution in [0.15, 0.2) is 18.3 Å². The molecule has 1 aromatic heterocycles. The number of likely N-dealkylation sites (N-methyl/N-ethyl adjacent to an activating group) is 1. The molecule has 0 spiro atoms. The molecule has 5 atom stereocenters. The summed E-state index contributed by atoms with van der Waals surface area (Å²) in [5, 5.41) is 9.04. The van der Waals surface area contributed by atoms with Gasteiger partial charge in [0.1, 0.15) is 35.3 Å². The Balaban J connectivity index is 1.23. The maximum atomic E-state index is 14.0. The lowest BCUT2D eigenvalue weighted by Crippen LogP contribution is -2.59. The minimum absolute atomic E-state index is 0.0351. The zero-order valence-corrected chi connectivity index (χ0v) is 32.0. The standard InChI is InChI=1S/C38H51N7O9/c1-8-28-35(49)44(7)29-19-39-36(43-33(29)45(28)22-11-9-10-12-22)41-25-14-13-24(23-15-16-51-32(23)25)34(48)40-26-17-31(53-21(3)47)27(18-30(26)52-20(2)46)42-37(50)54-38(4,5)6/h13-14,19,22,26-28,30-31H,8-12,15-18H2,1-7H3,(H,40,48)(H,42,50)(H,39,41,43)/t26-,27+,28+,30+,31+/m0/s1. The van der Waals surface area contributed by atoms with Crippen molar-refractivity contribution in [3.8, 4) is 5.75 Å². The van der Waals surface area contributed by atoms with Crippen molar-refractivity contribution in [2.45, 2.75) is 135 Å². The molecule has 0 unspecified atom stereocenters. The lowest BCUT2D eigenvalue weighted by molar-refractivity contribution is -0.159. The van der Waals surface area contributed by atoms with E-state index < -0.39 is 53.8 Å². The van der Waals surface area contributed by atoms with Crippen LogP contribution < -0.4 is 30.5 Å². The van der Waals surface area contributed by atoms with Gasteiger partial charge in [-0.05, 0) is 52.2 Å². The second-order valence-corrected chi connectivity index (χ2v) is 15.4. The predicted octanol–water partition coefficient (Wildman–Crippen LogP) is 4.31. The molecule has 54 heavy (non-hydrogen) atoms. The summed E-state index contributed by atoms with van der Waals surface area (Å²) in [5.74, 6) is 0.0213. The Kier molecular flexibility index (Phi) is 11.2. The van der Waals surface area contributed by atoms with Crippen molar-refractivity contribution in [2.24, 2.45) is 0 Å². The quantitative estimate of drug-likeness (QED) is 0.243. The molecule has 0 bridgehead atoms. The summed E-state index contributed by atoms with van der Waals surface area (Å²) in [5.41, 5.74) is 1.53. The van der Waals surface area contributed by atoms with Crippen LogP contribution in [-0.4, -0.2) is 95.4 Å². The van der Waals surface area contributed by atoms with Crippen LogP contribution in [0.4, 0.5) is 27.9 Å². The van der Waals surface area contributed by atoms with Crippen LogP contribution in [0.5, 0.6) is 5.75 Å². The normalized spacial score (nSPS) is 23.8. The third-order valence-corrected chi connectivity index (χ3v) is 10.3. The number of benzene rings is 1. The first-order valence-electron chi connectivity index (χ1n) is 18.8. The van der Waals surface area contributed by atoms with Crippen LogP contribution >= 0.6 is 0 Å². The van der Waals surface area contributed by atoms with Crippen LogP contribution in [0.25, 0.3) is 0 Å². The molecule has 2 aliphatic heterocycles. The van der Waals surface area contributed by atoms with Gasteiger partial charge < -0.3 is 44.7 Å². The zero-order valence-electron chi connectivity index (χ0n) is 32.0. The Hall–Kier alpha value is -5.15. The van der Waals surface area contributed by atoms with Gasteiger partial charge in [-0.15, -0.1) is 0 Å². The van der Waals surface area contributed by atoms with Gasteiger partial charge in [-0.2, -0.15) is 4.98 Å². The van der Waals surface area contributed by atoms with Crippen LogP contribution in [0.2, 0.25) is 0 Å². The molecule has 292 valence electrons. The summed E-state index contributed by atoms with van der Waals surface area (Å²) in [6, 6.07) is 1.85. The summed E-state index contributed by atoms with van der Waals surface area (Å²) in [6.07, 6.45) is 4.76. The lowest BCUT2D eigenvalue weighted by Gasteiger charge is -2.43. The highest BCUT2D eigenvalue weighted by molar-refractivity contribution is 6.04. The summed E-state index contributed by atoms with van der Waals surface area (Å²) < 4.78 is 22.7.